The molecule has 1 atom stereocenters. The summed E-state index contributed by atoms with van der Waals surface area (Å²) in [6, 6.07) is 20.3. The summed E-state index contributed by atoms with van der Waals surface area (Å²) in [6.07, 6.45) is 4.69. The maximum absolute atomic E-state index is 12.4. The van der Waals surface area contributed by atoms with Crippen molar-refractivity contribution in [2.24, 2.45) is 0 Å². The Morgan fingerprint density at radius 1 is 1.08 bits per heavy atom. The Morgan fingerprint density at radius 2 is 1.88 bits per heavy atom. The number of aromatic nitrogens is 2. The quantitative estimate of drug-likeness (QED) is 0.794. The van der Waals surface area contributed by atoms with Gasteiger partial charge in [-0.3, -0.25) is 0 Å². The zero-order valence-electron chi connectivity index (χ0n) is 13.9. The summed E-state index contributed by atoms with van der Waals surface area (Å²) in [5.41, 5.74) is 3.28. The Morgan fingerprint density at radius 3 is 2.52 bits per heavy atom. The van der Waals surface area contributed by atoms with Crippen molar-refractivity contribution < 1.29 is 4.79 Å². The van der Waals surface area contributed by atoms with Crippen LogP contribution in [0.1, 0.15) is 23.6 Å². The third-order valence-electron chi connectivity index (χ3n) is 4.61. The van der Waals surface area contributed by atoms with Gasteiger partial charge in [0.25, 0.3) is 0 Å². The smallest absolute Gasteiger partial charge is 0.318 e. The molecule has 1 aromatic heterocycles. The Hall–Kier alpha value is -3.08. The van der Waals surface area contributed by atoms with Crippen LogP contribution >= 0.6 is 0 Å². The molecule has 1 aliphatic heterocycles. The van der Waals surface area contributed by atoms with E-state index in [4.69, 9.17) is 0 Å². The Bertz CT molecular complexity index is 828. The zero-order valence-corrected chi connectivity index (χ0v) is 13.9. The molecule has 1 fully saturated rings. The van der Waals surface area contributed by atoms with Gasteiger partial charge in [0.15, 0.2) is 0 Å². The SMILES string of the molecule is O=C(NCc1ccc(-n2cccn2)cc1)N1CC[C@H]1c1ccccc1. The highest BCUT2D eigenvalue weighted by Crippen LogP contribution is 2.32. The number of nitrogens with one attached hydrogen (secondary N) is 1. The molecule has 1 saturated heterocycles. The first kappa shape index (κ1) is 15.4. The number of carbonyl (C=O) groups excluding carboxylic acids is 1. The van der Waals surface area contributed by atoms with Crippen molar-refractivity contribution in [2.75, 3.05) is 6.54 Å². The van der Waals surface area contributed by atoms with Crippen LogP contribution in [0.25, 0.3) is 5.69 Å². The van der Waals surface area contributed by atoms with Gasteiger partial charge in [-0.05, 0) is 35.7 Å². The number of likely N-dealkylation sites (tertiary alicyclic amines) is 1. The number of benzene rings is 2. The molecule has 0 aliphatic carbocycles. The fourth-order valence-electron chi connectivity index (χ4n) is 3.12. The number of urea groups is 1. The van der Waals surface area contributed by atoms with Crippen molar-refractivity contribution >= 4 is 6.03 Å². The highest BCUT2D eigenvalue weighted by atomic mass is 16.2. The van der Waals surface area contributed by atoms with E-state index in [0.29, 0.717) is 6.54 Å². The summed E-state index contributed by atoms with van der Waals surface area (Å²) >= 11 is 0. The number of carbonyl (C=O) groups is 1. The first-order chi connectivity index (χ1) is 12.3. The molecule has 1 aliphatic rings. The summed E-state index contributed by atoms with van der Waals surface area (Å²) < 4.78 is 1.81. The van der Waals surface area contributed by atoms with Gasteiger partial charge in [-0.1, -0.05) is 42.5 Å². The van der Waals surface area contributed by atoms with Crippen LogP contribution in [-0.2, 0) is 6.54 Å². The fraction of sp³-hybridized carbons (Fsp3) is 0.200. The molecule has 0 spiro atoms. The van der Waals surface area contributed by atoms with Gasteiger partial charge in [0, 0.05) is 25.5 Å². The second-order valence-corrected chi connectivity index (χ2v) is 6.18. The molecule has 0 bridgehead atoms. The van der Waals surface area contributed by atoms with Crippen molar-refractivity contribution in [2.45, 2.75) is 19.0 Å². The first-order valence-corrected chi connectivity index (χ1v) is 8.49. The van der Waals surface area contributed by atoms with Gasteiger partial charge in [-0.15, -0.1) is 0 Å². The van der Waals surface area contributed by atoms with E-state index in [1.54, 1.807) is 6.20 Å². The molecule has 1 N–H and O–H groups in total. The average Bonchev–Trinajstić information content (AvgIpc) is 3.15. The molecule has 126 valence electrons. The lowest BCUT2D eigenvalue weighted by Crippen LogP contribution is -2.49. The Kier molecular flexibility index (Phi) is 4.21. The van der Waals surface area contributed by atoms with Gasteiger partial charge in [0.1, 0.15) is 0 Å². The second-order valence-electron chi connectivity index (χ2n) is 6.18. The van der Waals surface area contributed by atoms with Gasteiger partial charge in [0.05, 0.1) is 11.7 Å². The number of hydrogen-bond donors (Lipinski definition) is 1. The van der Waals surface area contributed by atoms with E-state index in [0.717, 1.165) is 24.2 Å². The lowest BCUT2D eigenvalue weighted by molar-refractivity contribution is 0.115. The minimum Gasteiger partial charge on any atom is -0.334 e. The molecule has 0 saturated carbocycles. The molecule has 2 amide bonds. The maximum Gasteiger partial charge on any atom is 0.318 e. The predicted molar refractivity (Wildman–Crippen MR) is 96.3 cm³/mol. The van der Waals surface area contributed by atoms with E-state index in [1.807, 2.05) is 64.3 Å². The van der Waals surface area contributed by atoms with E-state index in [-0.39, 0.29) is 12.1 Å². The lowest BCUT2D eigenvalue weighted by atomic mass is 9.95. The van der Waals surface area contributed by atoms with Gasteiger partial charge in [-0.25, -0.2) is 9.48 Å². The van der Waals surface area contributed by atoms with Crippen LogP contribution < -0.4 is 5.32 Å². The van der Waals surface area contributed by atoms with Gasteiger partial charge in [-0.2, -0.15) is 5.10 Å². The normalized spacial score (nSPS) is 16.3. The van der Waals surface area contributed by atoms with Crippen LogP contribution in [0.2, 0.25) is 0 Å². The summed E-state index contributed by atoms with van der Waals surface area (Å²) in [5, 5.41) is 7.23. The van der Waals surface area contributed by atoms with Crippen LogP contribution in [0.5, 0.6) is 0 Å². The predicted octanol–water partition coefficient (Wildman–Crippen LogP) is 3.53. The number of rotatable bonds is 4. The summed E-state index contributed by atoms with van der Waals surface area (Å²) in [5.74, 6) is 0. The fourth-order valence-corrected chi connectivity index (χ4v) is 3.12. The van der Waals surface area contributed by atoms with Crippen molar-refractivity contribution in [1.29, 1.82) is 0 Å². The summed E-state index contributed by atoms with van der Waals surface area (Å²) in [4.78, 5) is 14.3. The average molecular weight is 332 g/mol. The largest absolute Gasteiger partial charge is 0.334 e. The molecule has 0 radical (unpaired) electrons. The molecule has 4 rings (SSSR count). The van der Waals surface area contributed by atoms with Crippen molar-refractivity contribution in [3.63, 3.8) is 0 Å². The third kappa shape index (κ3) is 3.26. The summed E-state index contributed by atoms with van der Waals surface area (Å²) in [7, 11) is 0. The van der Waals surface area contributed by atoms with E-state index in [1.165, 1.54) is 5.56 Å². The molecule has 2 heterocycles. The maximum atomic E-state index is 12.4. The van der Waals surface area contributed by atoms with Crippen LogP contribution in [0.3, 0.4) is 0 Å². The minimum absolute atomic E-state index is 0.00347. The third-order valence-corrected chi connectivity index (χ3v) is 4.61. The molecule has 5 heteroatoms. The molecule has 5 nitrogen and oxygen atoms in total. The second kappa shape index (κ2) is 6.81. The standard InChI is InChI=1S/C20H20N4O/c25-20(23-14-11-19(23)17-5-2-1-3-6-17)21-15-16-7-9-18(10-8-16)24-13-4-12-22-24/h1-10,12-13,19H,11,14-15H2,(H,21,25)/t19-/m0/s1. The van der Waals surface area contributed by atoms with E-state index in [2.05, 4.69) is 22.5 Å². The highest BCUT2D eigenvalue weighted by Gasteiger charge is 2.32. The molecule has 2 aromatic carbocycles. The van der Waals surface area contributed by atoms with E-state index in [9.17, 15) is 4.79 Å². The number of nitrogens with zero attached hydrogens (tertiary/aromatic N) is 3. The van der Waals surface area contributed by atoms with Crippen molar-refractivity contribution in [3.8, 4) is 5.69 Å². The zero-order chi connectivity index (χ0) is 17.1. The Balaban J connectivity index is 1.34. The molecular weight excluding hydrogens is 312 g/mol. The molecule has 0 unspecified atom stereocenters. The highest BCUT2D eigenvalue weighted by molar-refractivity contribution is 5.75. The minimum atomic E-state index is -0.00347. The lowest BCUT2D eigenvalue weighted by Gasteiger charge is -2.41. The Labute approximate surface area is 146 Å². The monoisotopic (exact) mass is 332 g/mol. The van der Waals surface area contributed by atoms with Gasteiger partial charge < -0.3 is 10.2 Å². The molecular formula is C20H20N4O. The van der Waals surface area contributed by atoms with Gasteiger partial charge in [0.2, 0.25) is 0 Å². The molecule has 3 aromatic rings. The topological polar surface area (TPSA) is 50.2 Å². The van der Waals surface area contributed by atoms with Crippen molar-refractivity contribution in [1.82, 2.24) is 20.0 Å². The van der Waals surface area contributed by atoms with Crippen LogP contribution in [0.4, 0.5) is 4.79 Å². The van der Waals surface area contributed by atoms with Crippen LogP contribution in [-0.4, -0.2) is 27.3 Å². The van der Waals surface area contributed by atoms with E-state index < -0.39 is 0 Å². The van der Waals surface area contributed by atoms with Crippen LogP contribution in [0.15, 0.2) is 73.1 Å². The van der Waals surface area contributed by atoms with Gasteiger partial charge >= 0.3 is 6.03 Å². The molecule has 25 heavy (non-hydrogen) atoms. The first-order valence-electron chi connectivity index (χ1n) is 8.49. The number of amides is 2. The van der Waals surface area contributed by atoms with Crippen LogP contribution in [0, 0.1) is 0 Å². The number of hydrogen-bond acceptors (Lipinski definition) is 2. The summed E-state index contributed by atoms with van der Waals surface area (Å²) in [6.45, 7) is 1.33. The van der Waals surface area contributed by atoms with Crippen molar-refractivity contribution in [3.05, 3.63) is 84.2 Å². The van der Waals surface area contributed by atoms with E-state index >= 15 is 0 Å².